The lowest BCUT2D eigenvalue weighted by Gasteiger charge is -2.38. The van der Waals surface area contributed by atoms with E-state index in [2.05, 4.69) is 0 Å². The van der Waals surface area contributed by atoms with Gasteiger partial charge in [-0.15, -0.1) is 0 Å². The number of fused-ring (bicyclic) bond motifs is 2. The highest BCUT2D eigenvalue weighted by Gasteiger charge is 2.52. The van der Waals surface area contributed by atoms with E-state index in [0.29, 0.717) is 19.3 Å². The molecule has 0 radical (unpaired) electrons. The Morgan fingerprint density at radius 3 is 2.44 bits per heavy atom. The topological polar surface area (TPSA) is 130 Å². The summed E-state index contributed by atoms with van der Waals surface area (Å²) in [5, 5.41) is 32.5. The summed E-state index contributed by atoms with van der Waals surface area (Å²) in [6.07, 6.45) is -2.00. The Bertz CT molecular complexity index is 857. The lowest BCUT2D eigenvalue weighted by atomic mass is 9.78. The predicted molar refractivity (Wildman–Crippen MR) is 126 cm³/mol. The molecule has 0 spiro atoms. The van der Waals surface area contributed by atoms with Crippen molar-refractivity contribution >= 4 is 17.5 Å². The van der Waals surface area contributed by atoms with Gasteiger partial charge < -0.3 is 24.8 Å². The molecule has 0 aliphatic carbocycles. The van der Waals surface area contributed by atoms with Crippen LogP contribution in [0.4, 0.5) is 0 Å². The van der Waals surface area contributed by atoms with Crippen LogP contribution in [0, 0.1) is 11.3 Å². The number of rotatable bonds is 3. The molecule has 34 heavy (non-hydrogen) atoms. The van der Waals surface area contributed by atoms with Crippen molar-refractivity contribution in [2.75, 3.05) is 0 Å². The van der Waals surface area contributed by atoms with E-state index in [9.17, 15) is 29.7 Å². The van der Waals surface area contributed by atoms with Gasteiger partial charge in [0.2, 0.25) is 5.78 Å². The number of ether oxygens (including phenoxy) is 2. The fourth-order valence-electron chi connectivity index (χ4n) is 4.53. The van der Waals surface area contributed by atoms with Gasteiger partial charge in [-0.3, -0.25) is 9.59 Å². The van der Waals surface area contributed by atoms with Crippen LogP contribution in [0.2, 0.25) is 0 Å². The summed E-state index contributed by atoms with van der Waals surface area (Å²) in [7, 11) is 0. The summed E-state index contributed by atoms with van der Waals surface area (Å²) >= 11 is 0. The van der Waals surface area contributed by atoms with Gasteiger partial charge >= 0.3 is 5.97 Å². The van der Waals surface area contributed by atoms with Crippen LogP contribution in [0.1, 0.15) is 74.1 Å². The van der Waals surface area contributed by atoms with E-state index in [1.54, 1.807) is 34.6 Å². The molecule has 3 N–H and O–H groups in total. The van der Waals surface area contributed by atoms with Crippen molar-refractivity contribution in [3.05, 3.63) is 23.3 Å². The van der Waals surface area contributed by atoms with Gasteiger partial charge in [-0.05, 0) is 58.1 Å². The SMILES string of the molecule is CC/C(C)=C/C(=O)O[C@H]1C(=O)[C@@H](O)[C@@]2(C)CC[C@H](O2)C(C)(C)[C@@H](O)/C=C(\C)C(=O)C(O)C[C@H]1C. The lowest BCUT2D eigenvalue weighted by molar-refractivity contribution is -0.175. The first-order chi connectivity index (χ1) is 15.6. The van der Waals surface area contributed by atoms with Crippen LogP contribution in [0.5, 0.6) is 0 Å². The molecule has 0 aromatic rings. The molecular formula is C26H40O8. The maximum Gasteiger partial charge on any atom is 0.331 e. The zero-order valence-electron chi connectivity index (χ0n) is 21.3. The summed E-state index contributed by atoms with van der Waals surface area (Å²) in [5.74, 6) is -2.82. The number of ketones is 2. The molecule has 1 unspecified atom stereocenters. The van der Waals surface area contributed by atoms with Crippen molar-refractivity contribution in [2.24, 2.45) is 11.3 Å². The number of carbonyl (C=O) groups excluding carboxylic acids is 3. The molecule has 8 nitrogen and oxygen atoms in total. The van der Waals surface area contributed by atoms with Crippen molar-refractivity contribution in [2.45, 2.75) is 110 Å². The molecule has 0 saturated carbocycles. The molecule has 2 rings (SSSR count). The molecule has 0 aromatic heterocycles. The molecule has 2 heterocycles. The Labute approximate surface area is 202 Å². The van der Waals surface area contributed by atoms with Crippen molar-refractivity contribution in [1.29, 1.82) is 0 Å². The number of Topliss-reactive ketones (excluding diaryl/α,β-unsaturated/α-hetero) is 2. The van der Waals surface area contributed by atoms with Crippen molar-refractivity contribution in [3.8, 4) is 0 Å². The molecular weight excluding hydrogens is 440 g/mol. The zero-order chi connectivity index (χ0) is 26.0. The number of aliphatic hydroxyl groups excluding tert-OH is 3. The van der Waals surface area contributed by atoms with E-state index in [1.807, 2.05) is 6.92 Å². The fraction of sp³-hybridized carbons (Fsp3) is 0.731. The highest BCUT2D eigenvalue weighted by atomic mass is 16.6. The minimum atomic E-state index is -1.60. The van der Waals surface area contributed by atoms with Gasteiger partial charge in [0.05, 0.1) is 17.8 Å². The monoisotopic (exact) mass is 480 g/mol. The van der Waals surface area contributed by atoms with Gasteiger partial charge in [-0.25, -0.2) is 4.79 Å². The second-order valence-corrected chi connectivity index (χ2v) is 10.7. The summed E-state index contributed by atoms with van der Waals surface area (Å²) in [4.78, 5) is 38.7. The number of allylic oxidation sites excluding steroid dienone is 1. The molecule has 2 aliphatic rings. The van der Waals surface area contributed by atoms with Crippen molar-refractivity contribution in [3.63, 3.8) is 0 Å². The molecule has 2 bridgehead atoms. The molecule has 1 saturated heterocycles. The van der Waals surface area contributed by atoms with Gasteiger partial charge in [0.1, 0.15) is 12.2 Å². The van der Waals surface area contributed by atoms with Gasteiger partial charge in [0, 0.05) is 17.4 Å². The van der Waals surface area contributed by atoms with Crippen molar-refractivity contribution in [1.82, 2.24) is 0 Å². The first-order valence-electron chi connectivity index (χ1n) is 12.0. The summed E-state index contributed by atoms with van der Waals surface area (Å²) < 4.78 is 11.7. The molecule has 0 aromatic carbocycles. The van der Waals surface area contributed by atoms with Crippen LogP contribution in [0.25, 0.3) is 0 Å². The second-order valence-electron chi connectivity index (χ2n) is 10.7. The first-order valence-corrected chi connectivity index (χ1v) is 12.0. The Morgan fingerprint density at radius 2 is 1.85 bits per heavy atom. The predicted octanol–water partition coefficient (Wildman–Crippen LogP) is 2.43. The van der Waals surface area contributed by atoms with Crippen LogP contribution in [0.15, 0.2) is 23.3 Å². The average Bonchev–Trinajstić information content (AvgIpc) is 3.18. The van der Waals surface area contributed by atoms with E-state index in [0.717, 1.165) is 5.57 Å². The van der Waals surface area contributed by atoms with E-state index in [1.165, 1.54) is 19.1 Å². The molecule has 2 aliphatic heterocycles. The molecule has 192 valence electrons. The number of hydrogen-bond acceptors (Lipinski definition) is 8. The Hall–Kier alpha value is -1.87. The number of aliphatic hydroxyl groups is 3. The first kappa shape index (κ1) is 28.4. The van der Waals surface area contributed by atoms with Crippen LogP contribution in [-0.2, 0) is 23.9 Å². The van der Waals surface area contributed by atoms with E-state index >= 15 is 0 Å². The zero-order valence-corrected chi connectivity index (χ0v) is 21.3. The lowest BCUT2D eigenvalue weighted by Crippen LogP contribution is -2.52. The Kier molecular flexibility index (Phi) is 9.02. The normalized spacial score (nSPS) is 39.2. The smallest absolute Gasteiger partial charge is 0.331 e. The summed E-state index contributed by atoms with van der Waals surface area (Å²) in [6.45, 7) is 11.9. The summed E-state index contributed by atoms with van der Waals surface area (Å²) in [6, 6.07) is 0. The van der Waals surface area contributed by atoms with Crippen LogP contribution in [0.3, 0.4) is 0 Å². The fourth-order valence-corrected chi connectivity index (χ4v) is 4.53. The van der Waals surface area contributed by atoms with Gasteiger partial charge in [-0.2, -0.15) is 0 Å². The second kappa shape index (κ2) is 10.8. The molecule has 1 fully saturated rings. The molecule has 7 atom stereocenters. The molecule has 8 heteroatoms. The Morgan fingerprint density at radius 1 is 1.24 bits per heavy atom. The van der Waals surface area contributed by atoms with Crippen molar-refractivity contribution < 1.29 is 39.2 Å². The average molecular weight is 481 g/mol. The van der Waals surface area contributed by atoms with Gasteiger partial charge in [0.25, 0.3) is 0 Å². The standard InChI is InChI=1S/C26H40O8/c1-8-14(2)11-20(29)33-23-16(4)12-17(27)21(30)15(3)13-18(28)25(5,6)19-9-10-26(7,34-19)24(32)22(23)31/h11,13,16-19,23-24,27-28,32H,8-10,12H2,1-7H3/b14-11+,15-13+/t16-,17?,18+,19+,23-,24-,26-/m1/s1. The Balaban J connectivity index is 2.51. The third kappa shape index (κ3) is 6.03. The highest BCUT2D eigenvalue weighted by molar-refractivity contribution is 5.98. The van der Waals surface area contributed by atoms with Crippen LogP contribution >= 0.6 is 0 Å². The van der Waals surface area contributed by atoms with Gasteiger partial charge in [-0.1, -0.05) is 33.3 Å². The third-order valence-corrected chi connectivity index (χ3v) is 7.41. The maximum atomic E-state index is 13.4. The quantitative estimate of drug-likeness (QED) is 0.415. The van der Waals surface area contributed by atoms with E-state index in [-0.39, 0.29) is 12.0 Å². The van der Waals surface area contributed by atoms with Crippen LogP contribution < -0.4 is 0 Å². The number of carbonyl (C=O) groups is 3. The van der Waals surface area contributed by atoms with Crippen LogP contribution in [-0.4, -0.2) is 69.0 Å². The number of esters is 1. The highest BCUT2D eigenvalue weighted by Crippen LogP contribution is 2.43. The van der Waals surface area contributed by atoms with E-state index in [4.69, 9.17) is 9.47 Å². The maximum absolute atomic E-state index is 13.4. The molecule has 0 amide bonds. The van der Waals surface area contributed by atoms with Gasteiger partial charge in [0.15, 0.2) is 11.9 Å². The minimum Gasteiger partial charge on any atom is -0.451 e. The minimum absolute atomic E-state index is 0.170. The summed E-state index contributed by atoms with van der Waals surface area (Å²) in [5.41, 5.74) is -1.12. The third-order valence-electron chi connectivity index (χ3n) is 7.41. The van der Waals surface area contributed by atoms with E-state index < -0.39 is 65.0 Å². The largest absolute Gasteiger partial charge is 0.451 e. The number of hydrogen-bond donors (Lipinski definition) is 3.